The minimum Gasteiger partial charge on any atom is -0.351 e. The average Bonchev–Trinajstić information content (AvgIpc) is 3.12. The van der Waals surface area contributed by atoms with Gasteiger partial charge in [0.25, 0.3) is 0 Å². The summed E-state index contributed by atoms with van der Waals surface area (Å²) in [5, 5.41) is 14.8. The van der Waals surface area contributed by atoms with Gasteiger partial charge in [-0.3, -0.25) is 9.59 Å². The van der Waals surface area contributed by atoms with E-state index < -0.39 is 0 Å². The van der Waals surface area contributed by atoms with Crippen molar-refractivity contribution in [3.63, 3.8) is 0 Å². The molecule has 7 nitrogen and oxygen atoms in total. The minimum absolute atomic E-state index is 0.0301. The molecule has 2 aromatic rings. The third-order valence-corrected chi connectivity index (χ3v) is 5.28. The molecule has 1 amide bonds. The van der Waals surface area contributed by atoms with Gasteiger partial charge in [-0.05, 0) is 50.3 Å². The third-order valence-electron chi connectivity index (χ3n) is 3.14. The molecule has 0 spiro atoms. The summed E-state index contributed by atoms with van der Waals surface area (Å²) in [5.41, 5.74) is -0.247. The van der Waals surface area contributed by atoms with Crippen LogP contribution in [-0.2, 0) is 16.9 Å². The Morgan fingerprint density at radius 1 is 1.38 bits per heavy atom. The molecule has 0 radical (unpaired) electrons. The van der Waals surface area contributed by atoms with Gasteiger partial charge in [-0.1, -0.05) is 11.8 Å². The van der Waals surface area contributed by atoms with Crippen molar-refractivity contribution < 1.29 is 9.59 Å². The van der Waals surface area contributed by atoms with Crippen LogP contribution < -0.4 is 5.32 Å². The Labute approximate surface area is 149 Å². The average molecular weight is 368 g/mol. The van der Waals surface area contributed by atoms with E-state index in [1.54, 1.807) is 10.7 Å². The van der Waals surface area contributed by atoms with E-state index >= 15 is 0 Å². The molecule has 0 aromatic carbocycles. The number of Topliss-reactive ketones (excluding diaryl/α,β-unsaturated/α-hetero) is 1. The summed E-state index contributed by atoms with van der Waals surface area (Å²) in [6, 6.07) is 3.67. The quantitative estimate of drug-likeness (QED) is 0.623. The highest BCUT2D eigenvalue weighted by molar-refractivity contribution is 8.00. The van der Waals surface area contributed by atoms with Crippen molar-refractivity contribution in [2.75, 3.05) is 0 Å². The van der Waals surface area contributed by atoms with Crippen LogP contribution in [0.1, 0.15) is 49.2 Å². The molecule has 0 saturated carbocycles. The van der Waals surface area contributed by atoms with E-state index in [2.05, 4.69) is 20.8 Å². The molecule has 0 saturated heterocycles. The van der Waals surface area contributed by atoms with E-state index in [9.17, 15) is 9.59 Å². The number of nitrogens with one attached hydrogen (secondary N) is 1. The fourth-order valence-corrected chi connectivity index (χ4v) is 4.00. The van der Waals surface area contributed by atoms with Crippen molar-refractivity contribution in [2.45, 2.75) is 57.1 Å². The number of carbonyl (C=O) groups is 2. The van der Waals surface area contributed by atoms with Crippen LogP contribution in [0.5, 0.6) is 0 Å². The number of hydrogen-bond acceptors (Lipinski definition) is 7. The van der Waals surface area contributed by atoms with Gasteiger partial charge in [-0.2, -0.15) is 0 Å². The molecule has 0 fully saturated rings. The fourth-order valence-electron chi connectivity index (χ4n) is 1.90. The number of hydrogen-bond donors (Lipinski definition) is 1. The number of amides is 1. The number of thioether (sulfide) groups is 1. The first-order chi connectivity index (χ1) is 11.2. The smallest absolute Gasteiger partial charge is 0.217 e. The fraction of sp³-hybridized carbons (Fsp3) is 0.533. The van der Waals surface area contributed by atoms with E-state index in [1.165, 1.54) is 30.0 Å². The van der Waals surface area contributed by atoms with Crippen molar-refractivity contribution in [3.05, 3.63) is 21.9 Å². The highest BCUT2D eigenvalue weighted by Gasteiger charge is 2.25. The van der Waals surface area contributed by atoms with Crippen molar-refractivity contribution in [3.8, 4) is 0 Å². The summed E-state index contributed by atoms with van der Waals surface area (Å²) in [4.78, 5) is 25.2. The minimum atomic E-state index is -0.302. The Hall–Kier alpha value is -1.74. The molecule has 130 valence electrons. The second kappa shape index (κ2) is 7.43. The zero-order valence-electron chi connectivity index (χ0n) is 14.4. The van der Waals surface area contributed by atoms with Crippen LogP contribution in [0, 0.1) is 0 Å². The molecule has 1 atom stereocenters. The first kappa shape index (κ1) is 18.6. The van der Waals surface area contributed by atoms with Gasteiger partial charge in [0, 0.05) is 11.8 Å². The lowest BCUT2D eigenvalue weighted by molar-refractivity contribution is -0.119. The van der Waals surface area contributed by atoms with E-state index in [4.69, 9.17) is 0 Å². The highest BCUT2D eigenvalue weighted by Crippen LogP contribution is 2.28. The molecule has 0 aliphatic heterocycles. The Balaban J connectivity index is 2.05. The zero-order valence-corrected chi connectivity index (χ0v) is 16.0. The van der Waals surface area contributed by atoms with Crippen molar-refractivity contribution in [1.29, 1.82) is 0 Å². The lowest BCUT2D eigenvalue weighted by Gasteiger charge is -2.20. The van der Waals surface area contributed by atoms with Gasteiger partial charge >= 0.3 is 0 Å². The van der Waals surface area contributed by atoms with Crippen LogP contribution >= 0.6 is 23.1 Å². The number of nitrogens with zero attached hydrogens (tertiary/aromatic N) is 4. The van der Waals surface area contributed by atoms with E-state index in [-0.39, 0.29) is 22.5 Å². The van der Waals surface area contributed by atoms with Crippen LogP contribution in [0.4, 0.5) is 0 Å². The second-order valence-corrected chi connectivity index (χ2v) is 8.82. The number of carbonyl (C=O) groups excluding carboxylic acids is 2. The van der Waals surface area contributed by atoms with Gasteiger partial charge in [0.1, 0.15) is 0 Å². The van der Waals surface area contributed by atoms with Crippen LogP contribution in [-0.4, -0.2) is 37.1 Å². The molecule has 1 N–H and O–H groups in total. The summed E-state index contributed by atoms with van der Waals surface area (Å²) in [6.07, 6.45) is 0. The van der Waals surface area contributed by atoms with Gasteiger partial charge in [-0.15, -0.1) is 16.4 Å². The molecule has 0 bridgehead atoms. The van der Waals surface area contributed by atoms with E-state index in [0.29, 0.717) is 16.6 Å². The van der Waals surface area contributed by atoms with Gasteiger partial charge in [0.15, 0.2) is 5.78 Å². The number of rotatable bonds is 6. The predicted molar refractivity (Wildman–Crippen MR) is 94.3 cm³/mol. The molecule has 0 aliphatic carbocycles. The predicted octanol–water partition coefficient (Wildman–Crippen LogP) is 2.49. The molecule has 24 heavy (non-hydrogen) atoms. The van der Waals surface area contributed by atoms with Crippen molar-refractivity contribution >= 4 is 34.8 Å². The Morgan fingerprint density at radius 2 is 2.08 bits per heavy atom. The highest BCUT2D eigenvalue weighted by atomic mass is 32.2. The summed E-state index contributed by atoms with van der Waals surface area (Å²) in [6.45, 7) is 9.78. The van der Waals surface area contributed by atoms with Gasteiger partial charge in [0.05, 0.1) is 22.2 Å². The SMILES string of the molecule is CC(=O)NCc1ccc(C(=O)C(C)Sc2nnnn2C(C)(C)C)s1. The molecule has 2 rings (SSSR count). The standard InChI is InChI=1S/C15H21N5O2S2/c1-9(23-14-17-18-19-20(14)15(3,4)5)13(22)12-7-6-11(24-12)8-16-10(2)21/h6-7,9H,8H2,1-5H3,(H,16,21). The Bertz CT molecular complexity index is 732. The zero-order chi connectivity index (χ0) is 17.9. The molecule has 0 aliphatic rings. The van der Waals surface area contributed by atoms with E-state index in [1.807, 2.05) is 33.8 Å². The Kier molecular flexibility index (Phi) is 5.76. The van der Waals surface area contributed by atoms with Gasteiger partial charge in [0.2, 0.25) is 11.1 Å². The third kappa shape index (κ3) is 4.64. The topological polar surface area (TPSA) is 89.8 Å². The maximum absolute atomic E-state index is 12.6. The summed E-state index contributed by atoms with van der Waals surface area (Å²) in [7, 11) is 0. The number of thiophene rings is 1. The number of aromatic nitrogens is 4. The van der Waals surface area contributed by atoms with Gasteiger partial charge < -0.3 is 5.32 Å². The maximum Gasteiger partial charge on any atom is 0.217 e. The second-order valence-electron chi connectivity index (χ2n) is 6.34. The lowest BCUT2D eigenvalue weighted by Crippen LogP contribution is -2.25. The normalized spacial score (nSPS) is 12.9. The largest absolute Gasteiger partial charge is 0.351 e. The molecule has 2 heterocycles. The maximum atomic E-state index is 12.6. The van der Waals surface area contributed by atoms with Crippen LogP contribution in [0.25, 0.3) is 0 Å². The van der Waals surface area contributed by atoms with Gasteiger partial charge in [-0.25, -0.2) is 4.68 Å². The van der Waals surface area contributed by atoms with Crippen molar-refractivity contribution in [2.24, 2.45) is 0 Å². The molecule has 1 unspecified atom stereocenters. The Morgan fingerprint density at radius 3 is 2.71 bits per heavy atom. The lowest BCUT2D eigenvalue weighted by atomic mass is 10.1. The molecular weight excluding hydrogens is 346 g/mol. The van der Waals surface area contributed by atoms with Crippen molar-refractivity contribution in [1.82, 2.24) is 25.5 Å². The molecule has 9 heteroatoms. The van der Waals surface area contributed by atoms with Crippen LogP contribution in [0.2, 0.25) is 0 Å². The van der Waals surface area contributed by atoms with Crippen LogP contribution in [0.3, 0.4) is 0 Å². The number of ketones is 1. The summed E-state index contributed by atoms with van der Waals surface area (Å²) < 4.78 is 1.72. The first-order valence-corrected chi connectivity index (χ1v) is 9.21. The van der Waals surface area contributed by atoms with E-state index in [0.717, 1.165) is 4.88 Å². The first-order valence-electron chi connectivity index (χ1n) is 7.51. The number of tetrazole rings is 1. The molecule has 2 aromatic heterocycles. The monoisotopic (exact) mass is 367 g/mol. The van der Waals surface area contributed by atoms with Crippen LogP contribution in [0.15, 0.2) is 17.3 Å². The molecular formula is C15H21N5O2S2. The summed E-state index contributed by atoms with van der Waals surface area (Å²) in [5.74, 6) is -0.0586. The summed E-state index contributed by atoms with van der Waals surface area (Å²) >= 11 is 2.75.